The van der Waals surface area contributed by atoms with E-state index in [1.807, 2.05) is 18.9 Å². The maximum atomic E-state index is 14.6. The van der Waals surface area contributed by atoms with Gasteiger partial charge in [0.2, 0.25) is 5.43 Å². The molecule has 1 radical (unpaired) electrons. The molecule has 2 aromatic heterocycles. The summed E-state index contributed by atoms with van der Waals surface area (Å²) in [5, 5.41) is 9.28. The number of imidazole rings is 1. The van der Waals surface area contributed by atoms with Crippen LogP contribution in [0.2, 0.25) is 0 Å². The molecule has 8 nitrogen and oxygen atoms in total. The Labute approximate surface area is 184 Å². The molecule has 0 spiro atoms. The number of halogens is 1. The van der Waals surface area contributed by atoms with Crippen LogP contribution >= 0.6 is 0 Å². The number of pyridine rings is 1. The van der Waals surface area contributed by atoms with Crippen LogP contribution < -0.4 is 10.3 Å². The molecule has 1 aliphatic heterocycles. The average molecular weight is 453 g/mol. The van der Waals surface area contributed by atoms with E-state index >= 15 is 0 Å². The number of aromatic carboxylic acids is 1. The SMILES string of the molecule is CCn1cc(C(=O)O)c(=O)c2cc(F)c(N3CCN(C)CC3)cc21.[Cr+3].c1c[nH]cn1. The van der Waals surface area contributed by atoms with Gasteiger partial charge >= 0.3 is 23.3 Å². The van der Waals surface area contributed by atoms with E-state index in [0.717, 1.165) is 13.1 Å². The summed E-state index contributed by atoms with van der Waals surface area (Å²) in [6, 6.07) is 2.83. The van der Waals surface area contributed by atoms with Gasteiger partial charge in [0, 0.05) is 56.7 Å². The molecule has 30 heavy (non-hydrogen) atoms. The maximum Gasteiger partial charge on any atom is 3.00 e. The Kier molecular flexibility index (Phi) is 8.18. The summed E-state index contributed by atoms with van der Waals surface area (Å²) in [6.07, 6.45) is 6.42. The number of piperazine rings is 1. The van der Waals surface area contributed by atoms with Crippen molar-refractivity contribution in [1.29, 1.82) is 0 Å². The zero-order valence-electron chi connectivity index (χ0n) is 16.8. The first-order valence-electron chi connectivity index (χ1n) is 9.38. The quantitative estimate of drug-likeness (QED) is 0.630. The number of carboxylic acids is 1. The summed E-state index contributed by atoms with van der Waals surface area (Å²) < 4.78 is 16.3. The van der Waals surface area contributed by atoms with Crippen LogP contribution in [0.4, 0.5) is 10.1 Å². The third-order valence-corrected chi connectivity index (χ3v) is 4.97. The zero-order valence-corrected chi connectivity index (χ0v) is 18.1. The second-order valence-electron chi connectivity index (χ2n) is 6.83. The number of aromatic amines is 1. The van der Waals surface area contributed by atoms with Crippen LogP contribution in [0.1, 0.15) is 17.3 Å². The Bertz CT molecular complexity index is 1030. The molecule has 3 aromatic rings. The van der Waals surface area contributed by atoms with Crippen LogP contribution in [-0.2, 0) is 23.9 Å². The number of aromatic nitrogens is 3. The first kappa shape index (κ1) is 23.6. The van der Waals surface area contributed by atoms with Gasteiger partial charge in [-0.1, -0.05) is 0 Å². The summed E-state index contributed by atoms with van der Waals surface area (Å²) in [5.74, 6) is -1.79. The normalized spacial score (nSPS) is 14.0. The predicted molar refractivity (Wildman–Crippen MR) is 109 cm³/mol. The summed E-state index contributed by atoms with van der Waals surface area (Å²) in [5.41, 5.74) is 0.0326. The van der Waals surface area contributed by atoms with Gasteiger partial charge in [0.15, 0.2) is 0 Å². The number of anilines is 1. The molecule has 0 atom stereocenters. The molecule has 10 heteroatoms. The topological polar surface area (TPSA) is 94.5 Å². The van der Waals surface area contributed by atoms with Crippen molar-refractivity contribution in [3.63, 3.8) is 0 Å². The second kappa shape index (κ2) is 10.4. The molecule has 0 amide bonds. The van der Waals surface area contributed by atoms with Crippen molar-refractivity contribution in [2.45, 2.75) is 13.5 Å². The number of benzene rings is 1. The van der Waals surface area contributed by atoms with E-state index in [9.17, 15) is 19.1 Å². The average Bonchev–Trinajstić information content (AvgIpc) is 3.29. The Hall–Kier alpha value is -2.67. The number of nitrogens with zero attached hydrogens (tertiary/aromatic N) is 4. The van der Waals surface area contributed by atoms with E-state index in [1.54, 1.807) is 29.4 Å². The zero-order chi connectivity index (χ0) is 21.0. The molecule has 1 aromatic carbocycles. The van der Waals surface area contributed by atoms with E-state index in [2.05, 4.69) is 14.9 Å². The number of H-pyrrole nitrogens is 1. The van der Waals surface area contributed by atoms with Gasteiger partial charge in [-0.25, -0.2) is 14.2 Å². The monoisotopic (exact) mass is 453 g/mol. The fourth-order valence-corrected chi connectivity index (χ4v) is 3.32. The van der Waals surface area contributed by atoms with Gasteiger partial charge in [-0.2, -0.15) is 0 Å². The van der Waals surface area contributed by atoms with Crippen LogP contribution in [0.25, 0.3) is 10.9 Å². The molecule has 1 saturated heterocycles. The number of aryl methyl sites for hydroxylation is 1. The molecule has 4 rings (SSSR count). The summed E-state index contributed by atoms with van der Waals surface area (Å²) in [6.45, 7) is 5.45. The van der Waals surface area contributed by atoms with Crippen molar-refractivity contribution >= 4 is 22.6 Å². The Morgan fingerprint density at radius 2 is 1.97 bits per heavy atom. The predicted octanol–water partition coefficient (Wildman–Crippen LogP) is 2.02. The van der Waals surface area contributed by atoms with E-state index in [4.69, 9.17) is 0 Å². The molecule has 1 aliphatic rings. The van der Waals surface area contributed by atoms with Gasteiger partial charge in [-0.15, -0.1) is 0 Å². The van der Waals surface area contributed by atoms with Crippen molar-refractivity contribution in [2.75, 3.05) is 38.1 Å². The number of nitrogens with one attached hydrogen (secondary N) is 1. The summed E-state index contributed by atoms with van der Waals surface area (Å²) in [4.78, 5) is 34.1. The number of rotatable bonds is 3. The van der Waals surface area contributed by atoms with E-state index in [1.165, 1.54) is 12.3 Å². The molecule has 157 valence electrons. The Balaban J connectivity index is 0.000000468. The van der Waals surface area contributed by atoms with Crippen molar-refractivity contribution in [3.8, 4) is 0 Å². The van der Waals surface area contributed by atoms with Gasteiger partial charge in [0.25, 0.3) is 0 Å². The summed E-state index contributed by atoms with van der Waals surface area (Å²) in [7, 11) is 2.02. The molecule has 0 bridgehead atoms. The molecule has 1 fully saturated rings. The van der Waals surface area contributed by atoms with Crippen LogP contribution in [-0.4, -0.2) is 63.7 Å². The largest absolute Gasteiger partial charge is 3.00 e. The first-order chi connectivity index (χ1) is 13.9. The van der Waals surface area contributed by atoms with Crippen molar-refractivity contribution in [2.24, 2.45) is 0 Å². The third-order valence-electron chi connectivity index (χ3n) is 4.97. The van der Waals surface area contributed by atoms with Gasteiger partial charge in [0.05, 0.1) is 17.5 Å². The number of fused-ring (bicyclic) bond motifs is 1. The molecule has 2 N–H and O–H groups in total. The third kappa shape index (κ3) is 5.08. The Morgan fingerprint density at radius 1 is 1.27 bits per heavy atom. The fourth-order valence-electron chi connectivity index (χ4n) is 3.32. The molecular formula is C20H24CrFN5O3+3. The first-order valence-corrected chi connectivity index (χ1v) is 9.38. The fraction of sp³-hybridized carbons (Fsp3) is 0.350. The molecule has 0 unspecified atom stereocenters. The number of hydrogen-bond acceptors (Lipinski definition) is 5. The van der Waals surface area contributed by atoms with Crippen LogP contribution in [0.3, 0.4) is 0 Å². The molecular weight excluding hydrogens is 429 g/mol. The minimum Gasteiger partial charge on any atom is -0.477 e. The maximum absolute atomic E-state index is 14.6. The Morgan fingerprint density at radius 3 is 2.47 bits per heavy atom. The molecule has 3 heterocycles. The van der Waals surface area contributed by atoms with E-state index in [0.29, 0.717) is 30.8 Å². The minimum atomic E-state index is -1.30. The van der Waals surface area contributed by atoms with Gasteiger partial charge in [0.1, 0.15) is 11.4 Å². The van der Waals surface area contributed by atoms with Gasteiger partial charge in [-0.3, -0.25) is 4.79 Å². The number of hydrogen-bond donors (Lipinski definition) is 2. The molecule has 0 saturated carbocycles. The van der Waals surface area contributed by atoms with Gasteiger partial charge in [-0.05, 0) is 26.1 Å². The number of carboxylic acid groups (broad SMARTS) is 1. The smallest absolute Gasteiger partial charge is 0.477 e. The van der Waals surface area contributed by atoms with Crippen molar-refractivity contribution in [1.82, 2.24) is 19.4 Å². The van der Waals surface area contributed by atoms with E-state index < -0.39 is 17.2 Å². The molecule has 0 aliphatic carbocycles. The number of likely N-dealkylation sites (N-methyl/N-ethyl adjacent to an activating group) is 1. The number of carbonyl (C=O) groups is 1. The van der Waals surface area contributed by atoms with Crippen molar-refractivity contribution in [3.05, 3.63) is 58.7 Å². The van der Waals surface area contributed by atoms with Gasteiger partial charge < -0.3 is 24.5 Å². The van der Waals surface area contributed by atoms with Crippen LogP contribution in [0, 0.1) is 5.82 Å². The van der Waals surface area contributed by atoms with Crippen LogP contribution in [0.5, 0.6) is 0 Å². The second-order valence-corrected chi connectivity index (χ2v) is 6.83. The minimum absolute atomic E-state index is 0. The van der Waals surface area contributed by atoms with Crippen molar-refractivity contribution < 1.29 is 31.7 Å². The summed E-state index contributed by atoms with van der Waals surface area (Å²) >= 11 is 0. The standard InChI is InChI=1S/C17H20FN3O3.C3H4N2.Cr/c1-3-20-10-12(17(23)24)16(22)11-8-13(18)15(9-14(11)20)21-6-4-19(2)5-7-21;1-2-5-3-4-1;/h8-10H,3-7H2,1-2H3,(H,23,24);1-3H,(H,4,5);/q;;+3. The van der Waals surface area contributed by atoms with Crippen LogP contribution in [0.15, 0.2) is 41.8 Å². The van der Waals surface area contributed by atoms with E-state index in [-0.39, 0.29) is 28.3 Å².